The van der Waals surface area contributed by atoms with Crippen molar-refractivity contribution >= 4 is 11.9 Å². The van der Waals surface area contributed by atoms with Gasteiger partial charge < -0.3 is 20.3 Å². The van der Waals surface area contributed by atoms with Gasteiger partial charge in [-0.2, -0.15) is 0 Å². The first-order valence-electron chi connectivity index (χ1n) is 36.2. The molecular weight excluding hydrogens is 983 g/mol. The molecule has 6 heteroatoms. The van der Waals surface area contributed by atoms with E-state index >= 15 is 0 Å². The Morgan fingerprint density at radius 3 is 0.963 bits per heavy atom. The molecule has 0 heterocycles. The summed E-state index contributed by atoms with van der Waals surface area (Å²) in [6.07, 6.45) is 89.2. The van der Waals surface area contributed by atoms with Crippen LogP contribution in [0.2, 0.25) is 0 Å². The molecule has 0 spiro atoms. The van der Waals surface area contributed by atoms with Gasteiger partial charge in [-0.3, -0.25) is 9.59 Å². The molecule has 0 bridgehead atoms. The number of rotatable bonds is 68. The molecule has 472 valence electrons. The van der Waals surface area contributed by atoms with Crippen molar-refractivity contribution in [3.63, 3.8) is 0 Å². The van der Waals surface area contributed by atoms with Crippen LogP contribution in [0.5, 0.6) is 0 Å². The SMILES string of the molecule is CCCCCCCCC/C=C\CCCCCCCCCC(=O)OCCCCCCCCCCC/C=C\C/C=C\CCCCCCCCCCCCCCCCCC(=O)NC(CO)C(O)CCCCCCCCCCCCCCCC. The van der Waals surface area contributed by atoms with Gasteiger partial charge in [-0.1, -0.05) is 339 Å². The summed E-state index contributed by atoms with van der Waals surface area (Å²) in [4.78, 5) is 24.6. The predicted octanol–water partition coefficient (Wildman–Crippen LogP) is 23.5. The van der Waals surface area contributed by atoms with Gasteiger partial charge in [0.1, 0.15) is 0 Å². The lowest BCUT2D eigenvalue weighted by Gasteiger charge is -2.22. The number of aliphatic hydroxyl groups excluding tert-OH is 2. The summed E-state index contributed by atoms with van der Waals surface area (Å²) in [5, 5.41) is 23.3. The van der Waals surface area contributed by atoms with Gasteiger partial charge in [0.25, 0.3) is 0 Å². The lowest BCUT2D eigenvalue weighted by Crippen LogP contribution is -2.45. The molecule has 0 aromatic carbocycles. The molecule has 0 aromatic rings. The number of allylic oxidation sites excluding steroid dienone is 6. The molecule has 0 saturated carbocycles. The van der Waals surface area contributed by atoms with Crippen LogP contribution in [0.15, 0.2) is 36.5 Å². The fraction of sp³-hybridized carbons (Fsp3) is 0.892. The average Bonchev–Trinajstić information content (AvgIpc) is 3.46. The minimum Gasteiger partial charge on any atom is -0.466 e. The van der Waals surface area contributed by atoms with Crippen LogP contribution in [-0.4, -0.2) is 47.4 Å². The van der Waals surface area contributed by atoms with Crippen molar-refractivity contribution in [2.45, 2.75) is 411 Å². The van der Waals surface area contributed by atoms with Gasteiger partial charge in [-0.15, -0.1) is 0 Å². The third-order valence-electron chi connectivity index (χ3n) is 16.9. The summed E-state index contributed by atoms with van der Waals surface area (Å²) < 4.78 is 5.50. The van der Waals surface area contributed by atoms with E-state index in [1.165, 1.54) is 315 Å². The third-order valence-corrected chi connectivity index (χ3v) is 16.9. The summed E-state index contributed by atoms with van der Waals surface area (Å²) in [7, 11) is 0. The second kappa shape index (κ2) is 69.6. The highest BCUT2D eigenvalue weighted by Gasteiger charge is 2.20. The van der Waals surface area contributed by atoms with Gasteiger partial charge in [-0.05, 0) is 83.5 Å². The molecule has 6 nitrogen and oxygen atoms in total. The van der Waals surface area contributed by atoms with E-state index in [2.05, 4.69) is 55.6 Å². The van der Waals surface area contributed by atoms with Crippen LogP contribution in [0.4, 0.5) is 0 Å². The maximum atomic E-state index is 12.5. The van der Waals surface area contributed by atoms with E-state index < -0.39 is 12.1 Å². The molecule has 0 aliphatic rings. The van der Waals surface area contributed by atoms with Gasteiger partial charge in [0.2, 0.25) is 5.91 Å². The van der Waals surface area contributed by atoms with Gasteiger partial charge >= 0.3 is 5.97 Å². The maximum absolute atomic E-state index is 12.5. The second-order valence-corrected chi connectivity index (χ2v) is 24.9. The van der Waals surface area contributed by atoms with Gasteiger partial charge in [0.05, 0.1) is 25.4 Å². The van der Waals surface area contributed by atoms with E-state index in [0.717, 1.165) is 51.4 Å². The molecule has 2 atom stereocenters. The molecule has 0 aliphatic heterocycles. The van der Waals surface area contributed by atoms with E-state index in [1.54, 1.807) is 0 Å². The number of esters is 1. The summed E-state index contributed by atoms with van der Waals surface area (Å²) in [6, 6.07) is -0.541. The van der Waals surface area contributed by atoms with E-state index in [-0.39, 0.29) is 18.5 Å². The van der Waals surface area contributed by atoms with Crippen molar-refractivity contribution in [2.75, 3.05) is 13.2 Å². The maximum Gasteiger partial charge on any atom is 0.305 e. The number of nitrogens with one attached hydrogen (secondary N) is 1. The number of ether oxygens (including phenoxy) is 1. The van der Waals surface area contributed by atoms with Crippen LogP contribution in [0, 0.1) is 0 Å². The van der Waals surface area contributed by atoms with Crippen LogP contribution in [0.25, 0.3) is 0 Å². The smallest absolute Gasteiger partial charge is 0.305 e. The molecule has 80 heavy (non-hydrogen) atoms. The van der Waals surface area contributed by atoms with Crippen LogP contribution < -0.4 is 5.32 Å². The highest BCUT2D eigenvalue weighted by atomic mass is 16.5. The summed E-state index contributed by atoms with van der Waals surface area (Å²) >= 11 is 0. The lowest BCUT2D eigenvalue weighted by molar-refractivity contribution is -0.143. The molecule has 0 fully saturated rings. The molecule has 0 saturated heterocycles. The van der Waals surface area contributed by atoms with Crippen molar-refractivity contribution < 1.29 is 24.5 Å². The Morgan fingerprint density at radius 1 is 0.350 bits per heavy atom. The molecule has 0 rings (SSSR count). The highest BCUT2D eigenvalue weighted by Crippen LogP contribution is 2.19. The first-order valence-corrected chi connectivity index (χ1v) is 36.2. The number of unbranched alkanes of at least 4 members (excludes halogenated alkanes) is 51. The largest absolute Gasteiger partial charge is 0.466 e. The van der Waals surface area contributed by atoms with Crippen LogP contribution in [-0.2, 0) is 14.3 Å². The van der Waals surface area contributed by atoms with Crippen LogP contribution in [0.1, 0.15) is 399 Å². The highest BCUT2D eigenvalue weighted by molar-refractivity contribution is 5.76. The zero-order valence-corrected chi connectivity index (χ0v) is 54.1. The number of carbonyl (C=O) groups excluding carboxylic acids is 2. The molecule has 0 aromatic heterocycles. The first-order chi connectivity index (χ1) is 39.5. The molecular formula is C74H141NO5. The molecule has 0 aliphatic carbocycles. The number of amides is 1. The third kappa shape index (κ3) is 65.2. The lowest BCUT2D eigenvalue weighted by atomic mass is 10.0. The fourth-order valence-electron chi connectivity index (χ4n) is 11.4. The van der Waals surface area contributed by atoms with Crippen molar-refractivity contribution in [3.05, 3.63) is 36.5 Å². The van der Waals surface area contributed by atoms with E-state index in [1.807, 2.05) is 0 Å². The predicted molar refractivity (Wildman–Crippen MR) is 352 cm³/mol. The minimum absolute atomic E-state index is 0.0108. The molecule has 2 unspecified atom stereocenters. The van der Waals surface area contributed by atoms with E-state index in [4.69, 9.17) is 4.74 Å². The summed E-state index contributed by atoms with van der Waals surface area (Å²) in [5.74, 6) is -0.0215. The Balaban J connectivity index is 3.37. The summed E-state index contributed by atoms with van der Waals surface area (Å²) in [5.41, 5.74) is 0. The monoisotopic (exact) mass is 1120 g/mol. The van der Waals surface area contributed by atoms with Crippen molar-refractivity contribution in [3.8, 4) is 0 Å². The Hall–Kier alpha value is -1.92. The first kappa shape index (κ1) is 78.1. The van der Waals surface area contributed by atoms with E-state index in [0.29, 0.717) is 25.9 Å². The summed E-state index contributed by atoms with van der Waals surface area (Å²) in [6.45, 7) is 4.97. The quantitative estimate of drug-likeness (QED) is 0.0320. The van der Waals surface area contributed by atoms with E-state index in [9.17, 15) is 19.8 Å². The normalized spacial score (nSPS) is 12.7. The van der Waals surface area contributed by atoms with Gasteiger partial charge in [0.15, 0.2) is 0 Å². The fourth-order valence-corrected chi connectivity index (χ4v) is 11.4. The van der Waals surface area contributed by atoms with Gasteiger partial charge in [-0.25, -0.2) is 0 Å². The van der Waals surface area contributed by atoms with Crippen LogP contribution >= 0.6 is 0 Å². The zero-order chi connectivity index (χ0) is 57.8. The number of carbonyl (C=O) groups is 2. The topological polar surface area (TPSA) is 95.9 Å². The standard InChI is InChI=1S/C74H141NO5/c1-3-5-7-9-11-13-15-17-19-20-37-40-44-48-52-56-60-64-68-74(79)80-69-65-61-57-53-49-45-41-38-35-33-31-29-27-25-23-21-22-24-26-28-30-32-34-36-39-43-47-51-55-59-63-67-73(78)75-71(70-76)72(77)66-62-58-54-50-46-42-18-16-14-12-10-8-6-4-2/h19-20,23,25,29,31,71-72,76-77H,3-18,21-22,24,26-28,30,32-70H2,1-2H3,(H,75,78)/b20-19-,25-23-,31-29-. The minimum atomic E-state index is -0.664. The van der Waals surface area contributed by atoms with Crippen molar-refractivity contribution in [2.24, 2.45) is 0 Å². The van der Waals surface area contributed by atoms with Crippen molar-refractivity contribution in [1.82, 2.24) is 5.32 Å². The molecule has 0 radical (unpaired) electrons. The Labute approximate surface area is 500 Å². The second-order valence-electron chi connectivity index (χ2n) is 24.9. The Morgan fingerprint density at radius 2 is 0.625 bits per heavy atom. The zero-order valence-electron chi connectivity index (χ0n) is 54.1. The average molecular weight is 1120 g/mol. The number of hydrogen-bond acceptors (Lipinski definition) is 5. The molecule has 1 amide bonds. The number of aliphatic hydroxyl groups is 2. The molecule has 3 N–H and O–H groups in total. The number of hydrogen-bond donors (Lipinski definition) is 3. The Bertz CT molecular complexity index is 1300. The van der Waals surface area contributed by atoms with Crippen molar-refractivity contribution in [1.29, 1.82) is 0 Å². The van der Waals surface area contributed by atoms with Gasteiger partial charge in [0, 0.05) is 12.8 Å². The Kier molecular flexibility index (Phi) is 67.9. The van der Waals surface area contributed by atoms with Crippen LogP contribution in [0.3, 0.4) is 0 Å².